The van der Waals surface area contributed by atoms with Crippen LogP contribution in [0.2, 0.25) is 0 Å². The summed E-state index contributed by atoms with van der Waals surface area (Å²) in [6.07, 6.45) is 1.03. The molecule has 0 fully saturated rings. The maximum Gasteiger partial charge on any atom is 0.137 e. The SMILES string of the molecule is CCCOCCNc1cc(Br)c(F)cc1C. The van der Waals surface area contributed by atoms with Crippen LogP contribution in [-0.2, 0) is 4.74 Å². The molecule has 0 heterocycles. The van der Waals surface area contributed by atoms with Crippen LogP contribution in [0.3, 0.4) is 0 Å². The third kappa shape index (κ3) is 4.10. The predicted octanol–water partition coefficient (Wildman–Crippen LogP) is 3.74. The van der Waals surface area contributed by atoms with Gasteiger partial charge in [0.25, 0.3) is 0 Å². The molecular formula is C12H17BrFNO. The fraction of sp³-hybridized carbons (Fsp3) is 0.500. The van der Waals surface area contributed by atoms with Gasteiger partial charge in [-0.2, -0.15) is 0 Å². The number of anilines is 1. The van der Waals surface area contributed by atoms with Gasteiger partial charge in [0.1, 0.15) is 5.82 Å². The Bertz CT molecular complexity index is 344. The second-order valence-electron chi connectivity index (χ2n) is 3.62. The van der Waals surface area contributed by atoms with Crippen LogP contribution in [0.4, 0.5) is 10.1 Å². The first-order chi connectivity index (χ1) is 7.65. The lowest BCUT2D eigenvalue weighted by Crippen LogP contribution is -2.10. The Labute approximate surface area is 104 Å². The number of hydrogen-bond donors (Lipinski definition) is 1. The van der Waals surface area contributed by atoms with Gasteiger partial charge in [0.15, 0.2) is 0 Å². The Morgan fingerprint density at radius 1 is 1.38 bits per heavy atom. The molecule has 0 atom stereocenters. The summed E-state index contributed by atoms with van der Waals surface area (Å²) in [5.74, 6) is -0.231. The minimum Gasteiger partial charge on any atom is -0.382 e. The summed E-state index contributed by atoms with van der Waals surface area (Å²) >= 11 is 3.17. The van der Waals surface area contributed by atoms with Crippen LogP contribution in [0.5, 0.6) is 0 Å². The van der Waals surface area contributed by atoms with Gasteiger partial charge in [-0.1, -0.05) is 6.92 Å². The van der Waals surface area contributed by atoms with E-state index in [2.05, 4.69) is 28.2 Å². The molecule has 0 saturated carbocycles. The molecule has 2 nitrogen and oxygen atoms in total. The van der Waals surface area contributed by atoms with Gasteiger partial charge in [0.05, 0.1) is 11.1 Å². The first-order valence-corrected chi connectivity index (χ1v) is 6.21. The zero-order valence-corrected chi connectivity index (χ0v) is 11.2. The maximum atomic E-state index is 13.1. The van der Waals surface area contributed by atoms with Gasteiger partial charge in [-0.25, -0.2) is 4.39 Å². The van der Waals surface area contributed by atoms with E-state index in [1.165, 1.54) is 6.07 Å². The number of benzene rings is 1. The van der Waals surface area contributed by atoms with Crippen LogP contribution in [0.15, 0.2) is 16.6 Å². The summed E-state index contributed by atoms with van der Waals surface area (Å²) in [4.78, 5) is 0. The van der Waals surface area contributed by atoms with E-state index in [1.54, 1.807) is 6.07 Å². The maximum absolute atomic E-state index is 13.1. The Morgan fingerprint density at radius 2 is 2.12 bits per heavy atom. The molecule has 16 heavy (non-hydrogen) atoms. The van der Waals surface area contributed by atoms with Crippen molar-refractivity contribution in [2.24, 2.45) is 0 Å². The van der Waals surface area contributed by atoms with Crippen molar-refractivity contribution in [1.29, 1.82) is 0 Å². The smallest absolute Gasteiger partial charge is 0.137 e. The molecule has 90 valence electrons. The second kappa shape index (κ2) is 6.86. The summed E-state index contributed by atoms with van der Waals surface area (Å²) in [6.45, 7) is 6.15. The molecule has 0 aliphatic carbocycles. The standard InChI is InChI=1S/C12H17BrFNO/c1-3-5-16-6-4-15-12-8-10(13)11(14)7-9(12)2/h7-8,15H,3-6H2,1-2H3. The Hall–Kier alpha value is -0.610. The Kier molecular flexibility index (Phi) is 5.77. The minimum absolute atomic E-state index is 0.231. The van der Waals surface area contributed by atoms with Crippen molar-refractivity contribution in [3.8, 4) is 0 Å². The highest BCUT2D eigenvalue weighted by molar-refractivity contribution is 9.10. The van der Waals surface area contributed by atoms with Crippen molar-refractivity contribution in [3.63, 3.8) is 0 Å². The van der Waals surface area contributed by atoms with Crippen molar-refractivity contribution in [2.75, 3.05) is 25.1 Å². The van der Waals surface area contributed by atoms with Crippen molar-refractivity contribution in [2.45, 2.75) is 20.3 Å². The van der Waals surface area contributed by atoms with Crippen LogP contribution >= 0.6 is 15.9 Å². The highest BCUT2D eigenvalue weighted by Crippen LogP contribution is 2.23. The van der Waals surface area contributed by atoms with E-state index in [1.807, 2.05) is 6.92 Å². The molecule has 0 aliphatic rings. The molecule has 0 radical (unpaired) electrons. The van der Waals surface area contributed by atoms with Gasteiger partial charge >= 0.3 is 0 Å². The van der Waals surface area contributed by atoms with E-state index >= 15 is 0 Å². The van der Waals surface area contributed by atoms with E-state index in [0.29, 0.717) is 11.1 Å². The van der Waals surface area contributed by atoms with E-state index in [0.717, 1.165) is 30.8 Å². The largest absolute Gasteiger partial charge is 0.382 e. The summed E-state index contributed by atoms with van der Waals surface area (Å²) in [5.41, 5.74) is 1.84. The number of nitrogens with one attached hydrogen (secondary N) is 1. The van der Waals surface area contributed by atoms with Crippen molar-refractivity contribution in [1.82, 2.24) is 0 Å². The molecule has 0 bridgehead atoms. The number of halogens is 2. The second-order valence-corrected chi connectivity index (χ2v) is 4.47. The van der Waals surface area contributed by atoms with Crippen LogP contribution in [0.1, 0.15) is 18.9 Å². The monoisotopic (exact) mass is 289 g/mol. The molecule has 0 aliphatic heterocycles. The lowest BCUT2D eigenvalue weighted by molar-refractivity contribution is 0.144. The minimum atomic E-state index is -0.231. The lowest BCUT2D eigenvalue weighted by Gasteiger charge is -2.10. The normalized spacial score (nSPS) is 10.5. The van der Waals surface area contributed by atoms with Gasteiger partial charge in [-0.05, 0) is 47.0 Å². The van der Waals surface area contributed by atoms with Gasteiger partial charge < -0.3 is 10.1 Å². The van der Waals surface area contributed by atoms with Gasteiger partial charge in [-0.3, -0.25) is 0 Å². The molecule has 0 spiro atoms. The number of hydrogen-bond acceptors (Lipinski definition) is 2. The number of aryl methyl sites for hydroxylation is 1. The van der Waals surface area contributed by atoms with Crippen LogP contribution in [-0.4, -0.2) is 19.8 Å². The fourth-order valence-electron chi connectivity index (χ4n) is 1.34. The average molecular weight is 290 g/mol. The predicted molar refractivity (Wildman–Crippen MR) is 68.4 cm³/mol. The van der Waals surface area contributed by atoms with Gasteiger partial charge in [0, 0.05) is 18.8 Å². The zero-order chi connectivity index (χ0) is 12.0. The third-order valence-corrected chi connectivity index (χ3v) is 2.79. The summed E-state index contributed by atoms with van der Waals surface area (Å²) in [5, 5.41) is 3.22. The van der Waals surface area contributed by atoms with Crippen LogP contribution < -0.4 is 5.32 Å². The Morgan fingerprint density at radius 3 is 2.81 bits per heavy atom. The fourth-order valence-corrected chi connectivity index (χ4v) is 1.68. The topological polar surface area (TPSA) is 21.3 Å². The molecule has 1 aromatic rings. The van der Waals surface area contributed by atoms with Crippen molar-refractivity contribution in [3.05, 3.63) is 28.0 Å². The van der Waals surface area contributed by atoms with Crippen molar-refractivity contribution >= 4 is 21.6 Å². The van der Waals surface area contributed by atoms with E-state index in [4.69, 9.17) is 4.74 Å². The molecule has 0 saturated heterocycles. The molecule has 0 amide bonds. The van der Waals surface area contributed by atoms with E-state index < -0.39 is 0 Å². The number of rotatable bonds is 6. The van der Waals surface area contributed by atoms with E-state index in [-0.39, 0.29) is 5.82 Å². The lowest BCUT2D eigenvalue weighted by atomic mass is 10.2. The average Bonchev–Trinajstić information content (AvgIpc) is 2.25. The Balaban J connectivity index is 2.45. The highest BCUT2D eigenvalue weighted by atomic mass is 79.9. The van der Waals surface area contributed by atoms with Gasteiger partial charge in [0.2, 0.25) is 0 Å². The first kappa shape index (κ1) is 13.5. The first-order valence-electron chi connectivity index (χ1n) is 5.42. The molecule has 0 unspecified atom stereocenters. The molecule has 4 heteroatoms. The molecule has 1 N–H and O–H groups in total. The third-order valence-electron chi connectivity index (χ3n) is 2.18. The van der Waals surface area contributed by atoms with E-state index in [9.17, 15) is 4.39 Å². The molecule has 1 rings (SSSR count). The molecule has 0 aromatic heterocycles. The summed E-state index contributed by atoms with van der Waals surface area (Å²) < 4.78 is 19.0. The summed E-state index contributed by atoms with van der Waals surface area (Å²) in [7, 11) is 0. The molecular weight excluding hydrogens is 273 g/mol. The summed E-state index contributed by atoms with van der Waals surface area (Å²) in [6, 6.07) is 3.27. The van der Waals surface area contributed by atoms with Crippen LogP contribution in [0.25, 0.3) is 0 Å². The molecule has 1 aromatic carbocycles. The zero-order valence-electron chi connectivity index (χ0n) is 9.65. The highest BCUT2D eigenvalue weighted by Gasteiger charge is 2.04. The van der Waals surface area contributed by atoms with Crippen LogP contribution in [0, 0.1) is 12.7 Å². The number of ether oxygens (including phenoxy) is 1. The van der Waals surface area contributed by atoms with Crippen molar-refractivity contribution < 1.29 is 9.13 Å². The van der Waals surface area contributed by atoms with Gasteiger partial charge in [-0.15, -0.1) is 0 Å². The quantitative estimate of drug-likeness (QED) is 0.806.